The van der Waals surface area contributed by atoms with Gasteiger partial charge in [0, 0.05) is 17.8 Å². The first kappa shape index (κ1) is 34.8. The molecule has 0 spiro atoms. The van der Waals surface area contributed by atoms with Crippen LogP contribution in [-0.2, 0) is 4.74 Å². The second kappa shape index (κ2) is 13.9. The van der Waals surface area contributed by atoms with Crippen LogP contribution >= 0.6 is 0 Å². The topological polar surface area (TPSA) is 53.0 Å². The predicted octanol–water partition coefficient (Wildman–Crippen LogP) is 9.61. The lowest BCUT2D eigenvalue weighted by atomic mass is 9.63. The molecule has 1 heterocycles. The molecule has 0 aromatic heterocycles. The molecule has 1 saturated heterocycles. The molecule has 3 nitrogen and oxygen atoms in total. The summed E-state index contributed by atoms with van der Waals surface area (Å²) in [5, 5.41) is 20.3. The summed E-state index contributed by atoms with van der Waals surface area (Å²) in [5.74, 6) is 0.345. The van der Waals surface area contributed by atoms with Gasteiger partial charge in [-0.25, -0.2) is 0 Å². The van der Waals surface area contributed by atoms with Crippen molar-refractivity contribution in [2.24, 2.45) is 16.7 Å². The molecule has 2 N–H and O–H groups in total. The fourth-order valence-electron chi connectivity index (χ4n) is 7.07. The maximum atomic E-state index is 10.2. The molecule has 0 unspecified atom stereocenters. The molecule has 2 fully saturated rings. The van der Waals surface area contributed by atoms with E-state index in [4.69, 9.17) is 4.74 Å². The van der Waals surface area contributed by atoms with Crippen molar-refractivity contribution >= 4 is 0 Å². The van der Waals surface area contributed by atoms with Crippen LogP contribution < -0.4 is 0 Å². The van der Waals surface area contributed by atoms with Gasteiger partial charge in [0.05, 0.1) is 12.2 Å². The van der Waals surface area contributed by atoms with Crippen molar-refractivity contribution in [1.82, 2.24) is 0 Å². The van der Waals surface area contributed by atoms with Crippen molar-refractivity contribution in [3.8, 4) is 0 Å². The van der Waals surface area contributed by atoms with E-state index in [9.17, 15) is 10.2 Å². The van der Waals surface area contributed by atoms with Gasteiger partial charge in [-0.15, -0.1) is 0 Å². The quantitative estimate of drug-likeness (QED) is 0.153. The summed E-state index contributed by atoms with van der Waals surface area (Å²) in [6, 6.07) is 0. The second-order valence-corrected chi connectivity index (χ2v) is 14.6. The smallest absolute Gasteiger partial charge is 0.121 e. The summed E-state index contributed by atoms with van der Waals surface area (Å²) >= 11 is 0. The molecule has 3 rings (SSSR count). The molecular weight excluding hydrogens is 528 g/mol. The average molecular weight is 585 g/mol. The highest BCUT2D eigenvalue weighted by atomic mass is 16.6. The number of hydrogen-bond donors (Lipinski definition) is 2. The molecule has 234 valence electrons. The number of aliphatic hydroxyl groups is 2. The zero-order valence-electron chi connectivity index (χ0n) is 28.3. The molecule has 3 heteroatoms. The molecule has 0 bridgehead atoms. The van der Waals surface area contributed by atoms with Crippen LogP contribution in [0.2, 0.25) is 0 Å². The Morgan fingerprint density at radius 3 is 1.77 bits per heavy atom. The minimum absolute atomic E-state index is 0.0547. The summed E-state index contributed by atoms with van der Waals surface area (Å²) in [6.07, 6.45) is 33.5. The third kappa shape index (κ3) is 8.91. The number of ether oxygens (including phenoxy) is 1. The first-order chi connectivity index (χ1) is 20.0. The lowest BCUT2D eigenvalue weighted by Crippen LogP contribution is -2.46. The maximum Gasteiger partial charge on any atom is 0.121 e. The first-order valence-electron chi connectivity index (χ1n) is 15.8. The molecule has 0 aromatic carbocycles. The van der Waals surface area contributed by atoms with Gasteiger partial charge in [0.1, 0.15) is 11.2 Å². The van der Waals surface area contributed by atoms with E-state index in [-0.39, 0.29) is 34.2 Å². The minimum atomic E-state index is -0.333. The summed E-state index contributed by atoms with van der Waals surface area (Å²) in [5.41, 5.74) is 5.38. The van der Waals surface area contributed by atoms with Gasteiger partial charge in [-0.1, -0.05) is 141 Å². The fraction of sp³-hybridized carbons (Fsp3) is 0.500. The standard InChI is InChI=1S/C40H56O3/c1-29(17-13-19-31(3)21-22-36-33(5)25-34(41)26-37(36,6)7)15-11-12-16-30(2)18-14-20-32(4)23-24-40-38(8,9)27-35(42)28-39(40,10)43-40/h11-25,34-36,41-42H,26-28H2,1-10H3/b12-11-,17-13+,18-14+,22-21-,24-23+,29-15+,30-16+,31-19+,32-20+/t34-,35+,36+,39-,40+/m1/s1. The number of fused-ring (bicyclic) bond motifs is 1. The molecule has 3 aliphatic rings. The summed E-state index contributed by atoms with van der Waals surface area (Å²) in [4.78, 5) is 0. The van der Waals surface area contributed by atoms with Gasteiger partial charge in [-0.3, -0.25) is 0 Å². The lowest BCUT2D eigenvalue weighted by molar-refractivity contribution is 0.0515. The molecule has 2 aliphatic carbocycles. The van der Waals surface area contributed by atoms with Crippen LogP contribution in [0.15, 0.2) is 119 Å². The third-order valence-corrected chi connectivity index (χ3v) is 9.43. The molecule has 0 radical (unpaired) electrons. The highest BCUT2D eigenvalue weighted by Crippen LogP contribution is 2.66. The van der Waals surface area contributed by atoms with Gasteiger partial charge in [-0.2, -0.15) is 0 Å². The Labute approximate surface area is 262 Å². The van der Waals surface area contributed by atoms with Gasteiger partial charge in [-0.05, 0) is 65.9 Å². The van der Waals surface area contributed by atoms with Gasteiger partial charge in [0.25, 0.3) is 0 Å². The molecule has 0 amide bonds. The number of allylic oxidation sites excluding steroid dienone is 18. The Morgan fingerprint density at radius 2 is 1.23 bits per heavy atom. The molecule has 1 aliphatic heterocycles. The predicted molar refractivity (Wildman–Crippen MR) is 184 cm³/mol. The van der Waals surface area contributed by atoms with E-state index in [1.165, 1.54) is 27.9 Å². The van der Waals surface area contributed by atoms with Crippen molar-refractivity contribution in [2.45, 2.75) is 112 Å². The van der Waals surface area contributed by atoms with Crippen LogP contribution in [-0.4, -0.2) is 33.6 Å². The van der Waals surface area contributed by atoms with Gasteiger partial charge < -0.3 is 14.9 Å². The van der Waals surface area contributed by atoms with Gasteiger partial charge in [0.15, 0.2) is 0 Å². The Balaban J connectivity index is 1.49. The minimum Gasteiger partial charge on any atom is -0.393 e. The normalized spacial score (nSPS) is 33.8. The van der Waals surface area contributed by atoms with Crippen LogP contribution in [0.25, 0.3) is 0 Å². The molecule has 5 atom stereocenters. The average Bonchev–Trinajstić information content (AvgIpc) is 3.49. The van der Waals surface area contributed by atoms with Crippen molar-refractivity contribution in [1.29, 1.82) is 0 Å². The van der Waals surface area contributed by atoms with E-state index >= 15 is 0 Å². The first-order valence-corrected chi connectivity index (χ1v) is 15.8. The van der Waals surface area contributed by atoms with Crippen LogP contribution in [0.1, 0.15) is 88.5 Å². The SMILES string of the molecule is CC1=C[C@@H](O)CC(C)(C)[C@H]1\C=C/C(C)=C/C=C/C(C)=C/C=C\C=C(C)\C=C\C=C(C)\C=C\[C@@]12O[C@]1(C)C[C@@H](O)CC2(C)C. The summed E-state index contributed by atoms with van der Waals surface area (Å²) < 4.78 is 6.25. The van der Waals surface area contributed by atoms with E-state index in [1.54, 1.807) is 0 Å². The monoisotopic (exact) mass is 584 g/mol. The summed E-state index contributed by atoms with van der Waals surface area (Å²) in [6.45, 7) is 21.5. The molecule has 43 heavy (non-hydrogen) atoms. The van der Waals surface area contributed by atoms with E-state index in [0.29, 0.717) is 12.3 Å². The number of epoxide rings is 1. The Hall–Kier alpha value is -2.72. The molecule has 1 saturated carbocycles. The number of hydrogen-bond acceptors (Lipinski definition) is 3. The Morgan fingerprint density at radius 1 is 0.721 bits per heavy atom. The number of rotatable bonds is 10. The Bertz CT molecular complexity index is 1320. The Kier molecular flexibility index (Phi) is 11.3. The van der Waals surface area contributed by atoms with Crippen molar-refractivity contribution in [3.63, 3.8) is 0 Å². The van der Waals surface area contributed by atoms with Crippen molar-refractivity contribution < 1.29 is 14.9 Å². The van der Waals surface area contributed by atoms with E-state index in [0.717, 1.165) is 12.8 Å². The zero-order valence-corrected chi connectivity index (χ0v) is 28.3. The van der Waals surface area contributed by atoms with Gasteiger partial charge in [0.2, 0.25) is 0 Å². The van der Waals surface area contributed by atoms with Crippen molar-refractivity contribution in [2.75, 3.05) is 0 Å². The molecule has 0 aromatic rings. The van der Waals surface area contributed by atoms with E-state index in [1.807, 2.05) is 6.08 Å². The number of aliphatic hydroxyl groups excluding tert-OH is 2. The highest BCUT2D eigenvalue weighted by Gasteiger charge is 2.74. The van der Waals surface area contributed by atoms with E-state index < -0.39 is 0 Å². The largest absolute Gasteiger partial charge is 0.393 e. The van der Waals surface area contributed by atoms with E-state index in [2.05, 4.69) is 154 Å². The lowest BCUT2D eigenvalue weighted by Gasteiger charge is -2.39. The van der Waals surface area contributed by atoms with Crippen LogP contribution in [0.5, 0.6) is 0 Å². The van der Waals surface area contributed by atoms with Crippen molar-refractivity contribution in [3.05, 3.63) is 119 Å². The fourth-order valence-corrected chi connectivity index (χ4v) is 7.07. The maximum absolute atomic E-state index is 10.2. The van der Waals surface area contributed by atoms with Crippen LogP contribution in [0.4, 0.5) is 0 Å². The van der Waals surface area contributed by atoms with Gasteiger partial charge >= 0.3 is 0 Å². The third-order valence-electron chi connectivity index (χ3n) is 9.43. The highest BCUT2D eigenvalue weighted by molar-refractivity contribution is 5.37. The van der Waals surface area contributed by atoms with Crippen LogP contribution in [0, 0.1) is 16.7 Å². The molecular formula is C40H56O3. The summed E-state index contributed by atoms with van der Waals surface area (Å²) in [7, 11) is 0. The van der Waals surface area contributed by atoms with Crippen LogP contribution in [0.3, 0.4) is 0 Å². The zero-order chi connectivity index (χ0) is 32.1. The second-order valence-electron chi connectivity index (χ2n) is 14.6.